The van der Waals surface area contributed by atoms with E-state index in [1.807, 2.05) is 36.4 Å². The Labute approximate surface area is 263 Å². The molecule has 46 heavy (non-hydrogen) atoms. The molecule has 0 atom stereocenters. The van der Waals surface area contributed by atoms with Gasteiger partial charge in [-0.15, -0.1) is 0 Å². The van der Waals surface area contributed by atoms with E-state index < -0.39 is 5.82 Å². The van der Waals surface area contributed by atoms with Crippen LogP contribution in [0.25, 0.3) is 39.6 Å². The third-order valence-corrected chi connectivity index (χ3v) is 8.05. The summed E-state index contributed by atoms with van der Waals surface area (Å²) in [5.74, 6) is 1.10. The van der Waals surface area contributed by atoms with Gasteiger partial charge in [-0.3, -0.25) is 4.90 Å². The first kappa shape index (κ1) is 28.8. The number of benzene rings is 1. The topological polar surface area (TPSA) is 161 Å². The van der Waals surface area contributed by atoms with Crippen LogP contribution in [0.3, 0.4) is 0 Å². The molecule has 1 fully saturated rings. The third-order valence-electron chi connectivity index (χ3n) is 8.05. The summed E-state index contributed by atoms with van der Waals surface area (Å²) in [7, 11) is 0. The van der Waals surface area contributed by atoms with Gasteiger partial charge in [0.25, 0.3) is 0 Å². The molecule has 6 heterocycles. The lowest BCUT2D eigenvalue weighted by atomic mass is 10.0. The predicted molar refractivity (Wildman–Crippen MR) is 170 cm³/mol. The van der Waals surface area contributed by atoms with Crippen LogP contribution in [-0.4, -0.2) is 53.5 Å². The van der Waals surface area contributed by atoms with Crippen LogP contribution in [0.15, 0.2) is 85.3 Å². The van der Waals surface area contributed by atoms with Crippen molar-refractivity contribution in [2.75, 3.05) is 24.1 Å². The number of nitriles is 1. The van der Waals surface area contributed by atoms with Crippen molar-refractivity contribution >= 4 is 22.8 Å². The van der Waals surface area contributed by atoms with Crippen molar-refractivity contribution < 1.29 is 9.12 Å². The van der Waals surface area contributed by atoms with Gasteiger partial charge in [0.2, 0.25) is 11.6 Å². The molecule has 0 saturated carbocycles. The van der Waals surface area contributed by atoms with Gasteiger partial charge >= 0.3 is 5.65 Å². The van der Waals surface area contributed by atoms with Gasteiger partial charge in [0.1, 0.15) is 34.9 Å². The Morgan fingerprint density at radius 2 is 1.80 bits per heavy atom. The number of nitrogen functional groups attached to an aromatic ring is 1. The number of hydrogen-bond acceptors (Lipinski definition) is 10. The molecule has 12 nitrogen and oxygen atoms in total. The minimum absolute atomic E-state index is 0.154. The minimum atomic E-state index is -0.486. The number of hydrogen-bond donors (Lipinski definition) is 2. The number of likely N-dealkylation sites (tertiary alicyclic amines) is 1. The maximum atomic E-state index is 13.9. The predicted octanol–water partition coefficient (Wildman–Crippen LogP) is 4.24. The largest absolute Gasteiger partial charge is 0.710 e. The van der Waals surface area contributed by atoms with E-state index in [4.69, 9.17) is 16.0 Å². The fraction of sp³-hybridized carbons (Fsp3) is 0.182. The number of rotatable bonds is 7. The van der Waals surface area contributed by atoms with Crippen LogP contribution in [-0.2, 0) is 6.54 Å². The summed E-state index contributed by atoms with van der Waals surface area (Å²) in [6.45, 7) is 2.58. The highest BCUT2D eigenvalue weighted by Crippen LogP contribution is 2.31. The van der Waals surface area contributed by atoms with Crippen molar-refractivity contribution in [2.24, 2.45) is 0 Å². The summed E-state index contributed by atoms with van der Waals surface area (Å²) < 4.78 is 16.1. The number of nitrogens with one attached hydrogen (secondary N) is 1. The van der Waals surface area contributed by atoms with Crippen LogP contribution < -0.4 is 15.8 Å². The summed E-state index contributed by atoms with van der Waals surface area (Å²) in [4.78, 5) is 23.7. The molecule has 7 rings (SSSR count). The van der Waals surface area contributed by atoms with Crippen LogP contribution in [0.2, 0.25) is 0 Å². The monoisotopic (exact) mass is 613 g/mol. The van der Waals surface area contributed by atoms with E-state index in [2.05, 4.69) is 30.2 Å². The van der Waals surface area contributed by atoms with Gasteiger partial charge in [-0.25, -0.2) is 34.0 Å². The number of pyridine rings is 3. The zero-order chi connectivity index (χ0) is 31.6. The van der Waals surface area contributed by atoms with Crippen LogP contribution in [0.4, 0.5) is 16.0 Å². The quantitative estimate of drug-likeness (QED) is 0.197. The molecule has 3 N–H and O–H groups in total. The first-order valence-corrected chi connectivity index (χ1v) is 14.8. The van der Waals surface area contributed by atoms with Crippen LogP contribution >= 0.6 is 0 Å². The smallest absolute Gasteiger partial charge is 0.318 e. The molecule has 0 aliphatic carbocycles. The molecule has 228 valence electrons. The van der Waals surface area contributed by atoms with Crippen molar-refractivity contribution in [3.63, 3.8) is 0 Å². The number of aromatic nitrogens is 7. The average Bonchev–Trinajstić information content (AvgIpc) is 3.47. The Bertz CT molecular complexity index is 2070. The summed E-state index contributed by atoms with van der Waals surface area (Å²) in [6, 6.07) is 21.7. The Morgan fingerprint density at radius 3 is 2.54 bits per heavy atom. The van der Waals surface area contributed by atoms with Gasteiger partial charge in [-0.05, 0) is 73.0 Å². The molecule has 1 aromatic carbocycles. The first-order chi connectivity index (χ1) is 22.5. The number of imidazole rings is 1. The summed E-state index contributed by atoms with van der Waals surface area (Å²) in [6.07, 6.45) is 6.16. The fourth-order valence-corrected chi connectivity index (χ4v) is 5.77. The molecular formula is C33H28FN11O. The maximum Gasteiger partial charge on any atom is 0.318 e. The van der Waals surface area contributed by atoms with Crippen LogP contribution in [0.5, 0.6) is 0 Å². The SMILES string of the molecule is N#Cc1nccc(NC2CCN(Cc3ccc(-n4c(-c5cccnc5N)nc5ccc(-c6ccc(F)cn6)[n+]([O-])c54)cc3)CC2)n1. The highest BCUT2D eigenvalue weighted by Gasteiger charge is 2.27. The van der Waals surface area contributed by atoms with E-state index in [0.717, 1.165) is 54.7 Å². The lowest BCUT2D eigenvalue weighted by Gasteiger charge is -2.32. The zero-order valence-corrected chi connectivity index (χ0v) is 24.6. The van der Waals surface area contributed by atoms with Crippen molar-refractivity contribution in [2.45, 2.75) is 25.4 Å². The van der Waals surface area contributed by atoms with Crippen LogP contribution in [0, 0.1) is 22.4 Å². The normalized spacial score (nSPS) is 13.9. The molecule has 0 unspecified atom stereocenters. The van der Waals surface area contributed by atoms with E-state index in [1.54, 1.807) is 41.2 Å². The highest BCUT2D eigenvalue weighted by molar-refractivity contribution is 5.82. The highest BCUT2D eigenvalue weighted by atomic mass is 19.1. The van der Waals surface area contributed by atoms with Gasteiger partial charge in [0.05, 0.1) is 11.8 Å². The van der Waals surface area contributed by atoms with E-state index in [-0.39, 0.29) is 29.0 Å². The number of nitrogens with zero attached hydrogens (tertiary/aromatic N) is 9. The molecule has 0 amide bonds. The molecule has 5 aromatic heterocycles. The molecule has 1 aliphatic rings. The fourth-order valence-electron chi connectivity index (χ4n) is 5.77. The Kier molecular flexibility index (Phi) is 7.61. The van der Waals surface area contributed by atoms with Gasteiger partial charge < -0.3 is 16.3 Å². The Morgan fingerprint density at radius 1 is 0.978 bits per heavy atom. The number of halogens is 1. The van der Waals surface area contributed by atoms with Gasteiger partial charge in [-0.1, -0.05) is 12.1 Å². The van der Waals surface area contributed by atoms with E-state index in [0.29, 0.717) is 28.4 Å². The first-order valence-electron chi connectivity index (χ1n) is 14.8. The number of anilines is 2. The number of piperidine rings is 1. The third kappa shape index (κ3) is 5.64. The Hall–Kier alpha value is -6.00. The minimum Gasteiger partial charge on any atom is -0.710 e. The summed E-state index contributed by atoms with van der Waals surface area (Å²) >= 11 is 0. The molecule has 1 aliphatic heterocycles. The second-order valence-electron chi connectivity index (χ2n) is 11.0. The van der Waals surface area contributed by atoms with Gasteiger partial charge in [-0.2, -0.15) is 9.83 Å². The standard InChI is InChI=1S/C33H28FN11O/c34-22-5-8-26(39-19-22)28-10-9-27-33(45(28)46)44(32(41-27)25-2-1-14-38-31(25)36)24-6-3-21(4-7-24)20-43-16-12-23(13-17-43)40-29-11-15-37-30(18-35)42-29/h1-11,14-15,19,23H,12-13,16-17,20H2,(H2,36,38)(H,37,40,42). The molecule has 0 spiro atoms. The lowest BCUT2D eigenvalue weighted by Crippen LogP contribution is -2.38. The maximum absolute atomic E-state index is 13.9. The Balaban J connectivity index is 1.16. The second-order valence-corrected chi connectivity index (χ2v) is 11.0. The molecule has 6 aromatic rings. The van der Waals surface area contributed by atoms with Crippen LogP contribution in [0.1, 0.15) is 24.2 Å². The van der Waals surface area contributed by atoms with E-state index >= 15 is 0 Å². The lowest BCUT2D eigenvalue weighted by molar-refractivity contribution is -0.568. The van der Waals surface area contributed by atoms with Crippen molar-refractivity contribution in [1.29, 1.82) is 5.26 Å². The van der Waals surface area contributed by atoms with Gasteiger partial charge in [0.15, 0.2) is 11.2 Å². The number of fused-ring (bicyclic) bond motifs is 1. The molecule has 13 heteroatoms. The molecule has 0 bridgehead atoms. The second kappa shape index (κ2) is 12.2. The average molecular weight is 614 g/mol. The van der Waals surface area contributed by atoms with Gasteiger partial charge in [0, 0.05) is 38.1 Å². The zero-order valence-electron chi connectivity index (χ0n) is 24.6. The van der Waals surface area contributed by atoms with Crippen molar-refractivity contribution in [3.8, 4) is 34.5 Å². The summed E-state index contributed by atoms with van der Waals surface area (Å²) in [5.41, 5.74) is 10.1. The number of nitrogens with two attached hydrogens (primary N) is 1. The van der Waals surface area contributed by atoms with E-state index in [1.165, 1.54) is 12.1 Å². The van der Waals surface area contributed by atoms with Crippen molar-refractivity contribution in [1.82, 2.24) is 34.4 Å². The molecule has 0 radical (unpaired) electrons. The van der Waals surface area contributed by atoms with E-state index in [9.17, 15) is 9.60 Å². The summed E-state index contributed by atoms with van der Waals surface area (Å²) in [5, 5.41) is 26.4. The molecular weight excluding hydrogens is 585 g/mol. The molecule has 1 saturated heterocycles. The van der Waals surface area contributed by atoms with Crippen molar-refractivity contribution in [3.05, 3.63) is 108 Å².